The first-order chi connectivity index (χ1) is 6.74. The van der Waals surface area contributed by atoms with Crippen molar-refractivity contribution in [3.8, 4) is 0 Å². The maximum absolute atomic E-state index is 11.3. The smallest absolute Gasteiger partial charge is 0.266 e. The largest absolute Gasteiger partial charge is 0.300 e. The third-order valence-corrected chi connectivity index (χ3v) is 2.40. The zero-order chi connectivity index (χ0) is 10.4. The van der Waals surface area contributed by atoms with Gasteiger partial charge in [0.05, 0.1) is 0 Å². The molecule has 0 aromatic carbocycles. The standard InChI is InChI=1S/C11H20N2O/c1-3-4-5-6-7-8-13-11(14)9-10(2)12-13/h9,12H,3-8H2,1-2H3. The summed E-state index contributed by atoms with van der Waals surface area (Å²) in [5, 5.41) is 3.04. The van der Waals surface area contributed by atoms with Gasteiger partial charge in [0.2, 0.25) is 0 Å². The summed E-state index contributed by atoms with van der Waals surface area (Å²) in [7, 11) is 0. The van der Waals surface area contributed by atoms with Crippen molar-refractivity contribution in [3.05, 3.63) is 22.1 Å². The maximum Gasteiger partial charge on any atom is 0.266 e. The molecule has 3 nitrogen and oxygen atoms in total. The fourth-order valence-electron chi connectivity index (χ4n) is 1.60. The number of hydrogen-bond acceptors (Lipinski definition) is 1. The molecule has 0 spiro atoms. The minimum atomic E-state index is 0.0954. The molecule has 0 aliphatic heterocycles. The van der Waals surface area contributed by atoms with Crippen molar-refractivity contribution in [1.82, 2.24) is 9.78 Å². The average Bonchev–Trinajstić information content (AvgIpc) is 2.45. The summed E-state index contributed by atoms with van der Waals surface area (Å²) >= 11 is 0. The third-order valence-electron chi connectivity index (χ3n) is 2.40. The number of aryl methyl sites for hydroxylation is 2. The molecule has 0 amide bonds. The van der Waals surface area contributed by atoms with Crippen molar-refractivity contribution in [2.24, 2.45) is 0 Å². The van der Waals surface area contributed by atoms with Gasteiger partial charge in [-0.1, -0.05) is 32.6 Å². The second-order valence-electron chi connectivity index (χ2n) is 3.84. The summed E-state index contributed by atoms with van der Waals surface area (Å²) in [6, 6.07) is 1.64. The van der Waals surface area contributed by atoms with E-state index in [2.05, 4.69) is 12.0 Å². The average molecular weight is 196 g/mol. The van der Waals surface area contributed by atoms with Gasteiger partial charge in [0.15, 0.2) is 0 Å². The Balaban J connectivity index is 2.25. The van der Waals surface area contributed by atoms with Gasteiger partial charge in [0.1, 0.15) is 0 Å². The Kier molecular flexibility index (Phi) is 4.50. The number of aromatic nitrogens is 2. The first-order valence-corrected chi connectivity index (χ1v) is 5.50. The van der Waals surface area contributed by atoms with E-state index in [0.29, 0.717) is 0 Å². The molecule has 0 unspecified atom stereocenters. The van der Waals surface area contributed by atoms with Gasteiger partial charge in [-0.2, -0.15) is 0 Å². The van der Waals surface area contributed by atoms with Crippen LogP contribution < -0.4 is 5.56 Å². The van der Waals surface area contributed by atoms with Crippen LogP contribution in [0.3, 0.4) is 0 Å². The van der Waals surface area contributed by atoms with Crippen LogP contribution in [0.25, 0.3) is 0 Å². The molecule has 80 valence electrons. The molecule has 0 atom stereocenters. The lowest BCUT2D eigenvalue weighted by Crippen LogP contribution is -2.15. The molecule has 1 N–H and O–H groups in total. The Morgan fingerprint density at radius 3 is 2.57 bits per heavy atom. The first kappa shape index (κ1) is 11.1. The summed E-state index contributed by atoms with van der Waals surface area (Å²) in [6.07, 6.45) is 6.17. The second kappa shape index (κ2) is 5.68. The molecule has 0 saturated carbocycles. The summed E-state index contributed by atoms with van der Waals surface area (Å²) < 4.78 is 1.70. The molecule has 1 rings (SSSR count). The van der Waals surface area contributed by atoms with Gasteiger partial charge in [-0.15, -0.1) is 0 Å². The van der Waals surface area contributed by atoms with E-state index in [1.165, 1.54) is 25.7 Å². The minimum Gasteiger partial charge on any atom is -0.300 e. The molecule has 0 bridgehead atoms. The zero-order valence-corrected chi connectivity index (χ0v) is 9.18. The molecule has 1 aromatic heterocycles. The molecule has 1 aromatic rings. The number of aromatic amines is 1. The fraction of sp³-hybridized carbons (Fsp3) is 0.727. The van der Waals surface area contributed by atoms with Gasteiger partial charge in [-0.05, 0) is 13.3 Å². The van der Waals surface area contributed by atoms with Crippen molar-refractivity contribution in [3.63, 3.8) is 0 Å². The molecule has 0 fully saturated rings. The van der Waals surface area contributed by atoms with Crippen LogP contribution in [-0.4, -0.2) is 9.78 Å². The van der Waals surface area contributed by atoms with E-state index in [1.807, 2.05) is 6.92 Å². The molecule has 0 aliphatic carbocycles. The van der Waals surface area contributed by atoms with Gasteiger partial charge in [0.25, 0.3) is 5.56 Å². The van der Waals surface area contributed by atoms with E-state index >= 15 is 0 Å². The summed E-state index contributed by atoms with van der Waals surface area (Å²) in [5.41, 5.74) is 1.04. The predicted molar refractivity (Wildman–Crippen MR) is 58.5 cm³/mol. The van der Waals surface area contributed by atoms with Crippen LogP contribution in [0.15, 0.2) is 10.9 Å². The molecule has 14 heavy (non-hydrogen) atoms. The number of H-pyrrole nitrogens is 1. The number of unbranched alkanes of at least 4 members (excludes halogenated alkanes) is 4. The lowest BCUT2D eigenvalue weighted by Gasteiger charge is -2.01. The Bertz CT molecular complexity index is 311. The van der Waals surface area contributed by atoms with Crippen molar-refractivity contribution in [2.75, 3.05) is 0 Å². The van der Waals surface area contributed by atoms with Crippen LogP contribution >= 0.6 is 0 Å². The molecule has 0 saturated heterocycles. The Labute approximate surface area is 85.1 Å². The van der Waals surface area contributed by atoms with Crippen LogP contribution in [-0.2, 0) is 6.54 Å². The zero-order valence-electron chi connectivity index (χ0n) is 9.18. The molecule has 0 radical (unpaired) electrons. The van der Waals surface area contributed by atoms with E-state index in [0.717, 1.165) is 18.7 Å². The van der Waals surface area contributed by atoms with Crippen molar-refractivity contribution >= 4 is 0 Å². The summed E-state index contributed by atoms with van der Waals surface area (Å²) in [4.78, 5) is 11.3. The van der Waals surface area contributed by atoms with Crippen LogP contribution in [0.5, 0.6) is 0 Å². The number of nitrogens with zero attached hydrogens (tertiary/aromatic N) is 1. The highest BCUT2D eigenvalue weighted by molar-refractivity contribution is 4.95. The maximum atomic E-state index is 11.3. The number of hydrogen-bond donors (Lipinski definition) is 1. The molecular formula is C11H20N2O. The quantitative estimate of drug-likeness (QED) is 0.697. The lowest BCUT2D eigenvalue weighted by molar-refractivity contribution is 0.521. The van der Waals surface area contributed by atoms with Gasteiger partial charge < -0.3 is 5.10 Å². The van der Waals surface area contributed by atoms with E-state index in [9.17, 15) is 4.79 Å². The topological polar surface area (TPSA) is 37.8 Å². The molecular weight excluding hydrogens is 176 g/mol. The molecule has 1 heterocycles. The highest BCUT2D eigenvalue weighted by atomic mass is 16.1. The number of rotatable bonds is 6. The van der Waals surface area contributed by atoms with Gasteiger partial charge in [-0.3, -0.25) is 9.48 Å². The summed E-state index contributed by atoms with van der Waals surface area (Å²) in [6.45, 7) is 4.95. The van der Waals surface area contributed by atoms with E-state index in [4.69, 9.17) is 0 Å². The van der Waals surface area contributed by atoms with Gasteiger partial charge in [-0.25, -0.2) is 0 Å². The van der Waals surface area contributed by atoms with Crippen LogP contribution in [0.4, 0.5) is 0 Å². The van der Waals surface area contributed by atoms with E-state index in [-0.39, 0.29) is 5.56 Å². The highest BCUT2D eigenvalue weighted by Gasteiger charge is 1.98. The SMILES string of the molecule is CCCCCCCn1[nH]c(C)cc1=O. The van der Waals surface area contributed by atoms with Crippen LogP contribution in [0.2, 0.25) is 0 Å². The lowest BCUT2D eigenvalue weighted by atomic mass is 10.1. The molecule has 3 heteroatoms. The number of nitrogens with one attached hydrogen (secondary N) is 1. The first-order valence-electron chi connectivity index (χ1n) is 5.50. The Morgan fingerprint density at radius 1 is 1.29 bits per heavy atom. The Morgan fingerprint density at radius 2 is 2.00 bits per heavy atom. The van der Waals surface area contributed by atoms with E-state index < -0.39 is 0 Å². The van der Waals surface area contributed by atoms with Crippen molar-refractivity contribution < 1.29 is 0 Å². The van der Waals surface area contributed by atoms with Crippen molar-refractivity contribution in [2.45, 2.75) is 52.5 Å². The van der Waals surface area contributed by atoms with Crippen LogP contribution in [0, 0.1) is 6.92 Å². The predicted octanol–water partition coefficient (Wildman–Crippen LogP) is 2.46. The monoisotopic (exact) mass is 196 g/mol. The normalized spacial score (nSPS) is 10.7. The van der Waals surface area contributed by atoms with Gasteiger partial charge in [0, 0.05) is 18.3 Å². The van der Waals surface area contributed by atoms with E-state index in [1.54, 1.807) is 10.7 Å². The van der Waals surface area contributed by atoms with Gasteiger partial charge >= 0.3 is 0 Å². The fourth-order valence-corrected chi connectivity index (χ4v) is 1.60. The molecule has 0 aliphatic rings. The second-order valence-corrected chi connectivity index (χ2v) is 3.84. The Hall–Kier alpha value is -0.990. The summed E-state index contributed by atoms with van der Waals surface area (Å²) in [5.74, 6) is 0. The van der Waals surface area contributed by atoms with Crippen LogP contribution in [0.1, 0.15) is 44.7 Å². The highest BCUT2D eigenvalue weighted by Crippen LogP contribution is 2.03. The third kappa shape index (κ3) is 3.40. The van der Waals surface area contributed by atoms with Crippen molar-refractivity contribution in [1.29, 1.82) is 0 Å². The minimum absolute atomic E-state index is 0.0954.